The van der Waals surface area contributed by atoms with Crippen molar-refractivity contribution in [2.24, 2.45) is 0 Å². The molecule has 1 atom stereocenters. The van der Waals surface area contributed by atoms with Crippen LogP contribution in [0.25, 0.3) is 11.4 Å². The first-order valence-electron chi connectivity index (χ1n) is 13.4. The van der Waals surface area contributed by atoms with Crippen LogP contribution in [-0.4, -0.2) is 101 Å². The molecule has 0 bridgehead atoms. The molecule has 1 aromatic carbocycles. The number of hydrogen-bond acceptors (Lipinski definition) is 10. The molecule has 2 aliphatic heterocycles. The van der Waals surface area contributed by atoms with Crippen molar-refractivity contribution in [3.05, 3.63) is 42.1 Å². The first kappa shape index (κ1) is 28.7. The third kappa shape index (κ3) is 7.65. The van der Waals surface area contributed by atoms with Crippen molar-refractivity contribution in [2.75, 3.05) is 50.8 Å². The van der Waals surface area contributed by atoms with E-state index < -0.39 is 30.0 Å². The van der Waals surface area contributed by atoms with Crippen LogP contribution in [0.4, 0.5) is 10.6 Å². The first-order chi connectivity index (χ1) is 19.3. The molecule has 0 radical (unpaired) electrons. The molecule has 13 nitrogen and oxygen atoms in total. The summed E-state index contributed by atoms with van der Waals surface area (Å²) in [4.78, 5) is 67.6. The average Bonchev–Trinajstić information content (AvgIpc) is 3.51. The number of aliphatic carboxylic acids is 1. The first-order valence-corrected chi connectivity index (χ1v) is 13.4. The summed E-state index contributed by atoms with van der Waals surface area (Å²) >= 11 is 0. The fourth-order valence-corrected chi connectivity index (χ4v) is 4.60. The Labute approximate surface area is 232 Å². The van der Waals surface area contributed by atoms with Gasteiger partial charge in [0.25, 0.3) is 5.91 Å². The highest BCUT2D eigenvalue weighted by Crippen LogP contribution is 2.23. The summed E-state index contributed by atoms with van der Waals surface area (Å²) in [5.41, 5.74) is 0.843. The molecule has 2 fully saturated rings. The minimum Gasteiger partial charge on any atom is -0.481 e. The fourth-order valence-electron chi connectivity index (χ4n) is 4.60. The van der Waals surface area contributed by atoms with E-state index in [1.165, 1.54) is 9.96 Å². The van der Waals surface area contributed by atoms with Gasteiger partial charge in [-0.05, 0) is 26.2 Å². The van der Waals surface area contributed by atoms with Gasteiger partial charge in [0.2, 0.25) is 5.91 Å². The third-order valence-corrected chi connectivity index (χ3v) is 6.67. The van der Waals surface area contributed by atoms with Gasteiger partial charge >= 0.3 is 12.1 Å². The molecule has 2 aliphatic rings. The lowest BCUT2D eigenvalue weighted by Crippen LogP contribution is -2.55. The number of amides is 2. The highest BCUT2D eigenvalue weighted by molar-refractivity contribution is 5.97. The van der Waals surface area contributed by atoms with Crippen LogP contribution in [0.1, 0.15) is 43.1 Å². The Morgan fingerprint density at radius 1 is 1.00 bits per heavy atom. The van der Waals surface area contributed by atoms with Crippen molar-refractivity contribution >= 4 is 29.8 Å². The number of rotatable bonds is 10. The van der Waals surface area contributed by atoms with Crippen molar-refractivity contribution in [1.29, 1.82) is 0 Å². The second-order valence-corrected chi connectivity index (χ2v) is 9.48. The van der Waals surface area contributed by atoms with E-state index in [9.17, 15) is 24.3 Å². The lowest BCUT2D eigenvalue weighted by atomic mass is 10.1. The number of hydrogen-bond donors (Lipinski definition) is 2. The molecule has 2 N–H and O–H groups in total. The Morgan fingerprint density at radius 3 is 2.35 bits per heavy atom. The predicted molar refractivity (Wildman–Crippen MR) is 143 cm³/mol. The third-order valence-electron chi connectivity index (χ3n) is 6.67. The van der Waals surface area contributed by atoms with Gasteiger partial charge in [0.15, 0.2) is 5.82 Å². The SMILES string of the molecule is CCOC(=O)ON1CCN(C(=O)[C@H](CCC(=O)O)NC(=O)c2cc(N3CCCC3)nc(-c3ccccc3)n2)CC1. The number of nitrogens with zero attached hydrogens (tertiary/aromatic N) is 5. The summed E-state index contributed by atoms with van der Waals surface area (Å²) in [6, 6.07) is 9.84. The van der Waals surface area contributed by atoms with Crippen LogP contribution in [0.15, 0.2) is 36.4 Å². The maximum absolute atomic E-state index is 13.5. The number of piperazine rings is 1. The molecule has 3 heterocycles. The largest absolute Gasteiger partial charge is 0.527 e. The number of carboxylic acids is 1. The lowest BCUT2D eigenvalue weighted by molar-refractivity contribution is -0.157. The quantitative estimate of drug-likeness (QED) is 0.414. The van der Waals surface area contributed by atoms with Crippen molar-refractivity contribution in [3.8, 4) is 11.4 Å². The van der Waals surface area contributed by atoms with E-state index >= 15 is 0 Å². The minimum absolute atomic E-state index is 0.0882. The summed E-state index contributed by atoms with van der Waals surface area (Å²) in [6.45, 7) is 4.42. The number of hydroxylamine groups is 2. The summed E-state index contributed by atoms with van der Waals surface area (Å²) < 4.78 is 4.77. The predicted octanol–water partition coefficient (Wildman–Crippen LogP) is 1.94. The van der Waals surface area contributed by atoms with Crippen LogP contribution in [0.3, 0.4) is 0 Å². The Morgan fingerprint density at radius 2 is 1.70 bits per heavy atom. The molecule has 0 spiro atoms. The van der Waals surface area contributed by atoms with E-state index in [2.05, 4.69) is 20.2 Å². The zero-order valence-corrected chi connectivity index (χ0v) is 22.5. The molecule has 2 amide bonds. The number of carbonyl (C=O) groups is 4. The van der Waals surface area contributed by atoms with Crippen molar-refractivity contribution in [2.45, 2.75) is 38.6 Å². The molecule has 1 aromatic heterocycles. The molecule has 0 unspecified atom stereocenters. The number of carboxylic acid groups (broad SMARTS) is 1. The van der Waals surface area contributed by atoms with E-state index in [0.29, 0.717) is 11.6 Å². The van der Waals surface area contributed by atoms with Crippen molar-refractivity contribution in [3.63, 3.8) is 0 Å². The number of anilines is 1. The van der Waals surface area contributed by atoms with Crippen LogP contribution < -0.4 is 10.2 Å². The maximum Gasteiger partial charge on any atom is 0.527 e. The van der Waals surface area contributed by atoms with E-state index in [1.807, 2.05) is 30.3 Å². The zero-order valence-electron chi connectivity index (χ0n) is 22.5. The minimum atomic E-state index is -1.08. The molecule has 0 saturated carbocycles. The van der Waals surface area contributed by atoms with E-state index in [4.69, 9.17) is 9.57 Å². The summed E-state index contributed by atoms with van der Waals surface area (Å²) in [5.74, 6) is -1.07. The molecule has 2 aromatic rings. The van der Waals surface area contributed by atoms with Gasteiger partial charge in [-0.3, -0.25) is 14.4 Å². The Balaban J connectivity index is 1.50. The van der Waals surface area contributed by atoms with Crippen LogP contribution >= 0.6 is 0 Å². The van der Waals surface area contributed by atoms with Crippen LogP contribution in [-0.2, 0) is 19.2 Å². The molecular weight excluding hydrogens is 520 g/mol. The zero-order chi connectivity index (χ0) is 28.5. The van der Waals surface area contributed by atoms with Crippen molar-refractivity contribution in [1.82, 2.24) is 25.2 Å². The molecule has 13 heteroatoms. The Kier molecular flexibility index (Phi) is 9.84. The Bertz CT molecular complexity index is 1200. The average molecular weight is 555 g/mol. The summed E-state index contributed by atoms with van der Waals surface area (Å²) in [6.07, 6.45) is 0.837. The van der Waals surface area contributed by atoms with E-state index in [0.717, 1.165) is 31.5 Å². The highest BCUT2D eigenvalue weighted by Gasteiger charge is 2.31. The lowest BCUT2D eigenvalue weighted by Gasteiger charge is -2.35. The molecule has 2 saturated heterocycles. The van der Waals surface area contributed by atoms with E-state index in [1.54, 1.807) is 13.0 Å². The number of carbonyl (C=O) groups excluding carboxylic acids is 3. The smallest absolute Gasteiger partial charge is 0.481 e. The van der Waals surface area contributed by atoms with Gasteiger partial charge in [0, 0.05) is 44.2 Å². The fraction of sp³-hybridized carbons (Fsp3) is 0.481. The highest BCUT2D eigenvalue weighted by atomic mass is 16.8. The number of nitrogens with one attached hydrogen (secondary N) is 1. The maximum atomic E-state index is 13.5. The van der Waals surface area contributed by atoms with Crippen LogP contribution in [0.5, 0.6) is 0 Å². The standard InChI is InChI=1S/C27H34N6O7/c1-2-39-27(38)40-33-16-14-32(15-17-33)26(37)20(10-11-23(34)35)29-25(36)21-18-22(31-12-6-7-13-31)30-24(28-21)19-8-4-3-5-9-19/h3-5,8-9,18,20H,2,6-7,10-17H2,1H3,(H,29,36)(H,34,35)/t20-/m0/s1. The molecule has 0 aliphatic carbocycles. The number of aromatic nitrogens is 2. The van der Waals surface area contributed by atoms with Crippen molar-refractivity contribution < 1.29 is 33.9 Å². The summed E-state index contributed by atoms with van der Waals surface area (Å²) in [7, 11) is 0. The van der Waals surface area contributed by atoms with Gasteiger partial charge < -0.3 is 29.8 Å². The van der Waals surface area contributed by atoms with Gasteiger partial charge in [-0.15, -0.1) is 5.06 Å². The monoisotopic (exact) mass is 554 g/mol. The second-order valence-electron chi connectivity index (χ2n) is 9.48. The second kappa shape index (κ2) is 13.7. The normalized spacial score (nSPS) is 16.3. The molecule has 4 rings (SSSR count). The van der Waals surface area contributed by atoms with Gasteiger partial charge in [-0.1, -0.05) is 30.3 Å². The topological polar surface area (TPSA) is 154 Å². The van der Waals surface area contributed by atoms with Gasteiger partial charge in [-0.2, -0.15) is 0 Å². The van der Waals surface area contributed by atoms with Gasteiger partial charge in [0.1, 0.15) is 17.6 Å². The van der Waals surface area contributed by atoms with Crippen LogP contribution in [0, 0.1) is 0 Å². The van der Waals surface area contributed by atoms with Crippen LogP contribution in [0.2, 0.25) is 0 Å². The molecular formula is C27H34N6O7. The molecule has 214 valence electrons. The Hall–Kier alpha value is -4.26. The van der Waals surface area contributed by atoms with E-state index in [-0.39, 0.29) is 51.3 Å². The number of benzene rings is 1. The van der Waals surface area contributed by atoms with Gasteiger partial charge in [0.05, 0.1) is 19.7 Å². The summed E-state index contributed by atoms with van der Waals surface area (Å²) in [5, 5.41) is 13.4. The van der Waals surface area contributed by atoms with Gasteiger partial charge in [-0.25, -0.2) is 14.8 Å². The molecule has 40 heavy (non-hydrogen) atoms. The number of ether oxygens (including phenoxy) is 1.